The second kappa shape index (κ2) is 10.1. The fourth-order valence-corrected chi connectivity index (χ4v) is 4.41. The van der Waals surface area contributed by atoms with Crippen molar-refractivity contribution in [2.45, 2.75) is 18.8 Å². The van der Waals surface area contributed by atoms with Crippen molar-refractivity contribution < 1.29 is 4.74 Å². The van der Waals surface area contributed by atoms with Crippen LogP contribution in [0.4, 0.5) is 11.5 Å². The lowest BCUT2D eigenvalue weighted by molar-refractivity contribution is 0.130. The van der Waals surface area contributed by atoms with Crippen LogP contribution in [0.1, 0.15) is 24.5 Å². The summed E-state index contributed by atoms with van der Waals surface area (Å²) in [6.07, 6.45) is 10.5. The number of rotatable bonds is 7. The summed E-state index contributed by atoms with van der Waals surface area (Å²) in [7, 11) is 1.74. The normalized spacial score (nSPS) is 15.0. The molecule has 9 nitrogen and oxygen atoms in total. The van der Waals surface area contributed by atoms with Crippen molar-refractivity contribution >= 4 is 22.3 Å². The summed E-state index contributed by atoms with van der Waals surface area (Å²) in [6, 6.07) is 7.80. The zero-order chi connectivity index (χ0) is 23.3. The summed E-state index contributed by atoms with van der Waals surface area (Å²) in [6.45, 7) is 3.87. The van der Waals surface area contributed by atoms with Crippen LogP contribution in [0.15, 0.2) is 60.2 Å². The molecule has 5 heterocycles. The standard InChI is InChI=1S/C25H27N7O2/c1-34-11-10-32-8-5-17(6-9-32)21-3-2-20(15-29-21)30-24-23-18(4-7-28-25(23)33)12-22(31-24)19-13-26-16-27-14-19/h2-4,7,12-17H,5-6,8-11H2,1H3,(H,28,33)(H,30,31). The van der Waals surface area contributed by atoms with Gasteiger partial charge in [0.05, 0.1) is 29.6 Å². The second-order valence-corrected chi connectivity index (χ2v) is 8.46. The van der Waals surface area contributed by atoms with E-state index in [1.165, 1.54) is 6.33 Å². The molecule has 5 rings (SSSR count). The van der Waals surface area contributed by atoms with E-state index in [9.17, 15) is 4.79 Å². The number of pyridine rings is 3. The Balaban J connectivity index is 1.38. The highest BCUT2D eigenvalue weighted by molar-refractivity contribution is 5.95. The fraction of sp³-hybridized carbons (Fsp3) is 0.320. The minimum Gasteiger partial charge on any atom is -0.383 e. The molecule has 1 aliphatic rings. The molecule has 0 spiro atoms. The van der Waals surface area contributed by atoms with Gasteiger partial charge in [0, 0.05) is 49.4 Å². The number of nitrogens with zero attached hydrogens (tertiary/aromatic N) is 5. The number of hydrogen-bond donors (Lipinski definition) is 2. The Hall–Kier alpha value is -3.69. The molecular formula is C25H27N7O2. The highest BCUT2D eigenvalue weighted by Gasteiger charge is 2.21. The number of fused-ring (bicyclic) bond motifs is 1. The van der Waals surface area contributed by atoms with Crippen molar-refractivity contribution in [1.29, 1.82) is 0 Å². The Morgan fingerprint density at radius 2 is 1.97 bits per heavy atom. The zero-order valence-electron chi connectivity index (χ0n) is 19.1. The van der Waals surface area contributed by atoms with Gasteiger partial charge in [-0.2, -0.15) is 0 Å². The third-order valence-electron chi connectivity index (χ3n) is 6.28. The summed E-state index contributed by atoms with van der Waals surface area (Å²) >= 11 is 0. The summed E-state index contributed by atoms with van der Waals surface area (Å²) in [5.74, 6) is 0.926. The summed E-state index contributed by atoms with van der Waals surface area (Å²) in [5, 5.41) is 4.58. The Morgan fingerprint density at radius 1 is 1.15 bits per heavy atom. The highest BCUT2D eigenvalue weighted by Crippen LogP contribution is 2.29. The summed E-state index contributed by atoms with van der Waals surface area (Å²) in [5.41, 5.74) is 3.14. The van der Waals surface area contributed by atoms with E-state index in [0.717, 1.165) is 61.4 Å². The van der Waals surface area contributed by atoms with Crippen LogP contribution in [-0.4, -0.2) is 63.2 Å². The zero-order valence-corrected chi connectivity index (χ0v) is 19.1. The fourth-order valence-electron chi connectivity index (χ4n) is 4.41. The number of piperidine rings is 1. The number of methoxy groups -OCH3 is 1. The molecule has 174 valence electrons. The van der Waals surface area contributed by atoms with Crippen LogP contribution in [0, 0.1) is 0 Å². The molecule has 34 heavy (non-hydrogen) atoms. The molecule has 1 aliphatic heterocycles. The molecule has 0 aliphatic carbocycles. The van der Waals surface area contributed by atoms with E-state index in [-0.39, 0.29) is 5.56 Å². The molecule has 0 amide bonds. The van der Waals surface area contributed by atoms with Gasteiger partial charge in [0.1, 0.15) is 12.1 Å². The Kier molecular flexibility index (Phi) is 6.55. The quantitative estimate of drug-likeness (QED) is 0.435. The molecule has 2 N–H and O–H groups in total. The molecule has 1 saturated heterocycles. The summed E-state index contributed by atoms with van der Waals surface area (Å²) in [4.78, 5) is 35.4. The smallest absolute Gasteiger partial charge is 0.259 e. The predicted octanol–water partition coefficient (Wildman–Crippen LogP) is 3.34. The largest absolute Gasteiger partial charge is 0.383 e. The van der Waals surface area contributed by atoms with Crippen LogP contribution in [0.5, 0.6) is 0 Å². The number of nitrogens with one attached hydrogen (secondary N) is 2. The number of H-pyrrole nitrogens is 1. The van der Waals surface area contributed by atoms with Crippen LogP contribution >= 0.6 is 0 Å². The third kappa shape index (κ3) is 4.80. The SMILES string of the molecule is COCCN1CCC(c2ccc(Nc3nc(-c4cncnc4)cc4cc[nH]c(=O)c34)cn2)CC1. The van der Waals surface area contributed by atoms with Crippen molar-refractivity contribution in [3.05, 3.63) is 71.4 Å². The van der Waals surface area contributed by atoms with E-state index in [1.54, 1.807) is 25.7 Å². The van der Waals surface area contributed by atoms with E-state index in [2.05, 4.69) is 31.2 Å². The van der Waals surface area contributed by atoms with E-state index in [4.69, 9.17) is 14.7 Å². The van der Waals surface area contributed by atoms with Gasteiger partial charge >= 0.3 is 0 Å². The van der Waals surface area contributed by atoms with Crippen molar-refractivity contribution in [3.63, 3.8) is 0 Å². The maximum atomic E-state index is 12.6. The van der Waals surface area contributed by atoms with Gasteiger partial charge in [-0.25, -0.2) is 15.0 Å². The van der Waals surface area contributed by atoms with E-state index in [0.29, 0.717) is 22.8 Å². The highest BCUT2D eigenvalue weighted by atomic mass is 16.5. The van der Waals surface area contributed by atoms with Crippen molar-refractivity contribution in [3.8, 4) is 11.3 Å². The molecule has 0 unspecified atom stereocenters. The molecule has 0 aromatic carbocycles. The van der Waals surface area contributed by atoms with Gasteiger partial charge in [-0.15, -0.1) is 0 Å². The summed E-state index contributed by atoms with van der Waals surface area (Å²) < 4.78 is 5.19. The van der Waals surface area contributed by atoms with Crippen LogP contribution in [0.2, 0.25) is 0 Å². The Bertz CT molecular complexity index is 1300. The second-order valence-electron chi connectivity index (χ2n) is 8.46. The van der Waals surface area contributed by atoms with Gasteiger partial charge in [-0.1, -0.05) is 0 Å². The number of aromatic nitrogens is 5. The van der Waals surface area contributed by atoms with Crippen LogP contribution in [0.3, 0.4) is 0 Å². The van der Waals surface area contributed by atoms with E-state index in [1.807, 2.05) is 24.4 Å². The third-order valence-corrected chi connectivity index (χ3v) is 6.28. The number of likely N-dealkylation sites (tertiary alicyclic amines) is 1. The molecule has 0 saturated carbocycles. The molecule has 0 radical (unpaired) electrons. The van der Waals surface area contributed by atoms with Gasteiger partial charge in [-0.05, 0) is 55.6 Å². The average molecular weight is 458 g/mol. The maximum Gasteiger partial charge on any atom is 0.259 e. The first-order chi connectivity index (χ1) is 16.7. The topological polar surface area (TPSA) is 109 Å². The van der Waals surface area contributed by atoms with Gasteiger partial charge in [0.2, 0.25) is 0 Å². The first kappa shape index (κ1) is 22.1. The van der Waals surface area contributed by atoms with Crippen molar-refractivity contribution in [1.82, 2.24) is 29.8 Å². The monoisotopic (exact) mass is 457 g/mol. The Labute approximate surface area is 197 Å². The lowest BCUT2D eigenvalue weighted by Crippen LogP contribution is -2.35. The lowest BCUT2D eigenvalue weighted by atomic mass is 9.93. The van der Waals surface area contributed by atoms with Crippen LogP contribution in [0.25, 0.3) is 22.0 Å². The molecule has 9 heteroatoms. The number of anilines is 2. The first-order valence-electron chi connectivity index (χ1n) is 11.4. The molecular weight excluding hydrogens is 430 g/mol. The number of ether oxygens (including phenoxy) is 1. The van der Waals surface area contributed by atoms with Gasteiger partial charge in [0.25, 0.3) is 5.56 Å². The van der Waals surface area contributed by atoms with Crippen LogP contribution in [-0.2, 0) is 4.74 Å². The average Bonchev–Trinajstić information content (AvgIpc) is 2.89. The Morgan fingerprint density at radius 3 is 2.71 bits per heavy atom. The van der Waals surface area contributed by atoms with Crippen molar-refractivity contribution in [2.24, 2.45) is 0 Å². The lowest BCUT2D eigenvalue weighted by Gasteiger charge is -2.31. The minimum absolute atomic E-state index is 0.201. The minimum atomic E-state index is -0.201. The molecule has 0 bridgehead atoms. The van der Waals surface area contributed by atoms with Crippen LogP contribution < -0.4 is 10.9 Å². The maximum absolute atomic E-state index is 12.6. The number of hydrogen-bond acceptors (Lipinski definition) is 8. The predicted molar refractivity (Wildman–Crippen MR) is 131 cm³/mol. The number of aromatic amines is 1. The van der Waals surface area contributed by atoms with E-state index < -0.39 is 0 Å². The van der Waals surface area contributed by atoms with Crippen molar-refractivity contribution in [2.75, 3.05) is 38.7 Å². The van der Waals surface area contributed by atoms with Gasteiger partial charge < -0.3 is 19.9 Å². The molecule has 4 aromatic heterocycles. The van der Waals surface area contributed by atoms with Gasteiger partial charge in [-0.3, -0.25) is 9.78 Å². The molecule has 0 atom stereocenters. The first-order valence-corrected chi connectivity index (χ1v) is 11.4. The van der Waals surface area contributed by atoms with E-state index >= 15 is 0 Å². The molecule has 4 aromatic rings. The van der Waals surface area contributed by atoms with Gasteiger partial charge in [0.15, 0.2) is 0 Å². The molecule has 1 fully saturated rings.